The zero-order chi connectivity index (χ0) is 13.7. The first-order valence-electron chi connectivity index (χ1n) is 6.85. The third-order valence-electron chi connectivity index (χ3n) is 3.39. The van der Waals surface area contributed by atoms with Gasteiger partial charge in [0.15, 0.2) is 0 Å². The second-order valence-electron chi connectivity index (χ2n) is 4.94. The van der Waals surface area contributed by atoms with Crippen LogP contribution >= 0.6 is 0 Å². The molecule has 0 spiro atoms. The smallest absolute Gasteiger partial charge is 0.234 e. The topological polar surface area (TPSA) is 54.7 Å². The third kappa shape index (κ3) is 4.08. The van der Waals surface area contributed by atoms with Crippen molar-refractivity contribution in [1.82, 2.24) is 10.2 Å². The van der Waals surface area contributed by atoms with Crippen LogP contribution in [0, 0.1) is 0 Å². The van der Waals surface area contributed by atoms with Crippen LogP contribution in [-0.2, 0) is 9.53 Å². The van der Waals surface area contributed by atoms with Crippen molar-refractivity contribution in [2.24, 2.45) is 0 Å². The van der Waals surface area contributed by atoms with Crippen LogP contribution in [0.5, 0.6) is 0 Å². The van der Waals surface area contributed by atoms with Crippen LogP contribution in [0.2, 0.25) is 0 Å². The lowest BCUT2D eigenvalue weighted by Crippen LogP contribution is -2.47. The van der Waals surface area contributed by atoms with E-state index < -0.39 is 0 Å². The Balaban J connectivity index is 1.77. The molecule has 0 bridgehead atoms. The number of nitrogens with zero attached hydrogens (tertiary/aromatic N) is 1. The molecule has 1 amide bonds. The summed E-state index contributed by atoms with van der Waals surface area (Å²) in [5, 5.41) is 2.95. The highest BCUT2D eigenvalue weighted by molar-refractivity contribution is 5.78. The fourth-order valence-corrected chi connectivity index (χ4v) is 2.27. The van der Waals surface area contributed by atoms with E-state index in [9.17, 15) is 4.79 Å². The summed E-state index contributed by atoms with van der Waals surface area (Å²) in [6.45, 7) is 6.81. The maximum Gasteiger partial charge on any atom is 0.234 e. The van der Waals surface area contributed by atoms with Crippen molar-refractivity contribution in [2.75, 3.05) is 26.2 Å². The number of hydrogen-bond acceptors (Lipinski definition) is 4. The first-order valence-corrected chi connectivity index (χ1v) is 6.85. The molecule has 2 heterocycles. The molecule has 1 aliphatic heterocycles. The minimum Gasteiger partial charge on any atom is -0.467 e. The van der Waals surface area contributed by atoms with E-state index in [4.69, 9.17) is 9.15 Å². The van der Waals surface area contributed by atoms with Crippen LogP contribution in [0.3, 0.4) is 0 Å². The van der Waals surface area contributed by atoms with Gasteiger partial charge in [0.1, 0.15) is 5.76 Å². The van der Waals surface area contributed by atoms with Crippen molar-refractivity contribution in [3.8, 4) is 0 Å². The lowest BCUT2D eigenvalue weighted by molar-refractivity contribution is -0.125. The van der Waals surface area contributed by atoms with Crippen LogP contribution in [0.4, 0.5) is 0 Å². The molecule has 0 radical (unpaired) electrons. The monoisotopic (exact) mass is 266 g/mol. The van der Waals surface area contributed by atoms with Gasteiger partial charge < -0.3 is 14.5 Å². The minimum atomic E-state index is -0.0921. The van der Waals surface area contributed by atoms with E-state index in [2.05, 4.69) is 17.1 Å². The molecule has 5 heteroatoms. The maximum absolute atomic E-state index is 12.0. The van der Waals surface area contributed by atoms with Gasteiger partial charge in [-0.05, 0) is 25.5 Å². The number of morpholine rings is 1. The molecule has 1 fully saturated rings. The van der Waals surface area contributed by atoms with Crippen molar-refractivity contribution in [2.45, 2.75) is 32.4 Å². The van der Waals surface area contributed by atoms with Crippen molar-refractivity contribution in [3.63, 3.8) is 0 Å². The van der Waals surface area contributed by atoms with Gasteiger partial charge in [-0.1, -0.05) is 6.92 Å². The van der Waals surface area contributed by atoms with Crippen molar-refractivity contribution in [1.29, 1.82) is 0 Å². The Morgan fingerprint density at radius 3 is 3.16 bits per heavy atom. The zero-order valence-corrected chi connectivity index (χ0v) is 11.6. The minimum absolute atomic E-state index is 0.0284. The number of hydrogen-bond donors (Lipinski definition) is 1. The van der Waals surface area contributed by atoms with Gasteiger partial charge >= 0.3 is 0 Å². The van der Waals surface area contributed by atoms with E-state index >= 15 is 0 Å². The second kappa shape index (κ2) is 6.73. The first kappa shape index (κ1) is 14.1. The molecule has 1 N–H and O–H groups in total. The quantitative estimate of drug-likeness (QED) is 0.879. The number of carbonyl (C=O) groups is 1. The predicted octanol–water partition coefficient (Wildman–Crippen LogP) is 1.57. The van der Waals surface area contributed by atoms with Gasteiger partial charge in [0.05, 0.1) is 31.6 Å². The predicted molar refractivity (Wildman–Crippen MR) is 71.7 cm³/mol. The molecular weight excluding hydrogens is 244 g/mol. The standard InChI is InChI=1S/C14H22N2O3/c1-3-12-9-16(6-8-18-12)10-14(17)15-11(2)13-5-4-7-19-13/h4-5,7,11-12H,3,6,8-10H2,1-2H3,(H,15,17)/t11-,12-/m1/s1. The van der Waals surface area contributed by atoms with Crippen LogP contribution in [0.15, 0.2) is 22.8 Å². The molecule has 1 aliphatic rings. The summed E-state index contributed by atoms with van der Waals surface area (Å²) in [5.41, 5.74) is 0. The number of amides is 1. The summed E-state index contributed by atoms with van der Waals surface area (Å²) in [5.74, 6) is 0.808. The van der Waals surface area contributed by atoms with Gasteiger partial charge in [0.2, 0.25) is 5.91 Å². The normalized spacial score (nSPS) is 22.1. The number of carbonyl (C=O) groups excluding carboxylic acids is 1. The number of nitrogens with one attached hydrogen (secondary N) is 1. The van der Waals surface area contributed by atoms with Gasteiger partial charge in [-0.15, -0.1) is 0 Å². The summed E-state index contributed by atoms with van der Waals surface area (Å²) < 4.78 is 10.9. The SMILES string of the molecule is CC[C@@H]1CN(CC(=O)N[C@H](C)c2ccco2)CCO1. The fourth-order valence-electron chi connectivity index (χ4n) is 2.27. The van der Waals surface area contributed by atoms with Gasteiger partial charge in [0.25, 0.3) is 0 Å². The molecule has 106 valence electrons. The molecule has 5 nitrogen and oxygen atoms in total. The third-order valence-corrected chi connectivity index (χ3v) is 3.39. The number of ether oxygens (including phenoxy) is 1. The highest BCUT2D eigenvalue weighted by Gasteiger charge is 2.21. The average Bonchev–Trinajstić information content (AvgIpc) is 2.92. The van der Waals surface area contributed by atoms with Crippen LogP contribution in [0.25, 0.3) is 0 Å². The summed E-state index contributed by atoms with van der Waals surface area (Å²) in [6.07, 6.45) is 2.86. The Labute approximate surface area is 113 Å². The second-order valence-corrected chi connectivity index (χ2v) is 4.94. The summed E-state index contributed by atoms with van der Waals surface area (Å²) >= 11 is 0. The molecule has 0 aliphatic carbocycles. The van der Waals surface area contributed by atoms with E-state index in [0.717, 1.165) is 25.3 Å². The van der Waals surface area contributed by atoms with Crippen LogP contribution < -0.4 is 5.32 Å². The summed E-state index contributed by atoms with van der Waals surface area (Å²) in [4.78, 5) is 14.1. The zero-order valence-electron chi connectivity index (χ0n) is 11.6. The molecule has 1 aromatic heterocycles. The highest BCUT2D eigenvalue weighted by Crippen LogP contribution is 2.12. The van der Waals surface area contributed by atoms with Crippen LogP contribution in [-0.4, -0.2) is 43.2 Å². The van der Waals surface area contributed by atoms with Crippen molar-refractivity contribution < 1.29 is 13.9 Å². The lowest BCUT2D eigenvalue weighted by atomic mass is 10.2. The van der Waals surface area contributed by atoms with Gasteiger partial charge in [-0.3, -0.25) is 9.69 Å². The van der Waals surface area contributed by atoms with E-state index in [0.29, 0.717) is 13.2 Å². The lowest BCUT2D eigenvalue weighted by Gasteiger charge is -2.32. The van der Waals surface area contributed by atoms with E-state index in [-0.39, 0.29) is 18.1 Å². The Morgan fingerprint density at radius 1 is 1.63 bits per heavy atom. The largest absolute Gasteiger partial charge is 0.467 e. The fraction of sp³-hybridized carbons (Fsp3) is 0.643. The van der Waals surface area contributed by atoms with Crippen molar-refractivity contribution in [3.05, 3.63) is 24.2 Å². The van der Waals surface area contributed by atoms with Gasteiger partial charge in [-0.25, -0.2) is 0 Å². The summed E-state index contributed by atoms with van der Waals surface area (Å²) in [6, 6.07) is 3.60. The summed E-state index contributed by atoms with van der Waals surface area (Å²) in [7, 11) is 0. The number of rotatable bonds is 5. The van der Waals surface area contributed by atoms with E-state index in [1.54, 1.807) is 6.26 Å². The number of furan rings is 1. The Morgan fingerprint density at radius 2 is 2.47 bits per heavy atom. The average molecular weight is 266 g/mol. The van der Waals surface area contributed by atoms with E-state index in [1.807, 2.05) is 19.1 Å². The van der Waals surface area contributed by atoms with Gasteiger partial charge in [-0.2, -0.15) is 0 Å². The maximum atomic E-state index is 12.0. The molecule has 2 rings (SSSR count). The Kier molecular flexibility index (Phi) is 4.99. The molecule has 2 atom stereocenters. The molecule has 0 saturated carbocycles. The molecular formula is C14H22N2O3. The highest BCUT2D eigenvalue weighted by atomic mass is 16.5. The van der Waals surface area contributed by atoms with Gasteiger partial charge in [0, 0.05) is 13.1 Å². The molecule has 1 saturated heterocycles. The Hall–Kier alpha value is -1.33. The molecule has 0 aromatic carbocycles. The van der Waals surface area contributed by atoms with Crippen LogP contribution in [0.1, 0.15) is 32.1 Å². The first-order chi connectivity index (χ1) is 9.19. The Bertz CT molecular complexity index is 391. The molecule has 19 heavy (non-hydrogen) atoms. The molecule has 0 unspecified atom stereocenters. The van der Waals surface area contributed by atoms with E-state index in [1.165, 1.54) is 0 Å². The molecule has 1 aromatic rings. The van der Waals surface area contributed by atoms with Crippen molar-refractivity contribution >= 4 is 5.91 Å².